The van der Waals surface area contributed by atoms with Crippen LogP contribution in [0.25, 0.3) is 11.4 Å². The van der Waals surface area contributed by atoms with Gasteiger partial charge in [0.25, 0.3) is 0 Å². The van der Waals surface area contributed by atoms with Crippen LogP contribution in [-0.4, -0.2) is 14.5 Å². The summed E-state index contributed by atoms with van der Waals surface area (Å²) in [5, 5.41) is 0. The Morgan fingerprint density at radius 3 is 1.47 bits per heavy atom. The summed E-state index contributed by atoms with van der Waals surface area (Å²) in [6.45, 7) is 0. The molecule has 0 bridgehead atoms. The highest BCUT2D eigenvalue weighted by Gasteiger charge is 2.38. The summed E-state index contributed by atoms with van der Waals surface area (Å²) in [6, 6.07) is 37.7. The van der Waals surface area contributed by atoms with Gasteiger partial charge in [0.15, 0.2) is 0 Å². The average Bonchev–Trinajstić information content (AvgIpc) is 3.33. The lowest BCUT2D eigenvalue weighted by Gasteiger charge is -2.37. The van der Waals surface area contributed by atoms with Gasteiger partial charge < -0.3 is 4.57 Å². The zero-order valence-corrected chi connectivity index (χ0v) is 16.5. The van der Waals surface area contributed by atoms with E-state index in [0.717, 1.165) is 11.4 Å². The molecule has 0 aliphatic rings. The van der Waals surface area contributed by atoms with Gasteiger partial charge in [0, 0.05) is 12.4 Å². The molecule has 0 amide bonds. The van der Waals surface area contributed by atoms with Gasteiger partial charge in [-0.25, -0.2) is 4.98 Å². The van der Waals surface area contributed by atoms with Crippen LogP contribution in [0.15, 0.2) is 128 Å². The predicted octanol–water partition coefficient (Wildman–Crippen LogP) is 5.79. The topological polar surface area (TPSA) is 30.7 Å². The molecule has 3 nitrogen and oxygen atoms in total. The Morgan fingerprint density at radius 2 is 1.00 bits per heavy atom. The molecule has 144 valence electrons. The standard InChI is InChI=1S/C27H21N3/c1-4-12-22(13-5-1)27(23-14-6-2-7-15-23,24-16-8-3-9-17-24)30-20-26(29-21-30)25-18-10-11-19-28-25/h1-21H. The largest absolute Gasteiger partial charge is 0.318 e. The van der Waals surface area contributed by atoms with Crippen molar-refractivity contribution in [2.75, 3.05) is 0 Å². The van der Waals surface area contributed by atoms with E-state index < -0.39 is 5.54 Å². The predicted molar refractivity (Wildman–Crippen MR) is 120 cm³/mol. The van der Waals surface area contributed by atoms with Gasteiger partial charge in [-0.15, -0.1) is 0 Å². The molecule has 5 rings (SSSR count). The SMILES string of the molecule is c1ccc(C(c2ccccc2)(c2ccccc2)n2cnc(-c3ccccn3)c2)cc1. The second-order valence-electron chi connectivity index (χ2n) is 7.19. The molecule has 0 N–H and O–H groups in total. The molecular formula is C27H21N3. The lowest BCUT2D eigenvalue weighted by molar-refractivity contribution is 0.515. The van der Waals surface area contributed by atoms with Gasteiger partial charge in [-0.05, 0) is 28.8 Å². The van der Waals surface area contributed by atoms with Crippen LogP contribution < -0.4 is 0 Å². The maximum atomic E-state index is 4.73. The fourth-order valence-corrected chi connectivity index (χ4v) is 4.14. The molecule has 0 atom stereocenters. The van der Waals surface area contributed by atoms with Crippen LogP contribution in [0.1, 0.15) is 16.7 Å². The van der Waals surface area contributed by atoms with Crippen molar-refractivity contribution < 1.29 is 0 Å². The van der Waals surface area contributed by atoms with Crippen LogP contribution in [0.2, 0.25) is 0 Å². The van der Waals surface area contributed by atoms with E-state index in [4.69, 9.17) is 4.98 Å². The molecule has 0 aliphatic carbocycles. The fraction of sp³-hybridized carbons (Fsp3) is 0.0370. The van der Waals surface area contributed by atoms with E-state index in [1.54, 1.807) is 6.20 Å². The van der Waals surface area contributed by atoms with Gasteiger partial charge in [0.2, 0.25) is 0 Å². The monoisotopic (exact) mass is 387 g/mol. The van der Waals surface area contributed by atoms with Gasteiger partial charge >= 0.3 is 0 Å². The molecule has 0 spiro atoms. The van der Waals surface area contributed by atoms with Crippen molar-refractivity contribution in [1.82, 2.24) is 14.5 Å². The third-order valence-corrected chi connectivity index (χ3v) is 5.47. The third kappa shape index (κ3) is 3.01. The molecular weight excluding hydrogens is 366 g/mol. The molecule has 0 radical (unpaired) electrons. The molecule has 2 aromatic heterocycles. The minimum atomic E-state index is -0.552. The van der Waals surface area contributed by atoms with E-state index in [-0.39, 0.29) is 0 Å². The number of hydrogen-bond acceptors (Lipinski definition) is 2. The minimum absolute atomic E-state index is 0.552. The first-order chi connectivity index (χ1) is 14.9. The zero-order valence-electron chi connectivity index (χ0n) is 16.5. The minimum Gasteiger partial charge on any atom is -0.318 e. The molecule has 0 aliphatic heterocycles. The summed E-state index contributed by atoms with van der Waals surface area (Å²) in [6.07, 6.45) is 5.81. The van der Waals surface area contributed by atoms with Gasteiger partial charge in [-0.2, -0.15) is 0 Å². The van der Waals surface area contributed by atoms with Gasteiger partial charge in [0.05, 0.1) is 12.0 Å². The quantitative estimate of drug-likeness (QED) is 0.358. The first-order valence-corrected chi connectivity index (χ1v) is 10.0. The third-order valence-electron chi connectivity index (χ3n) is 5.47. The summed E-state index contributed by atoms with van der Waals surface area (Å²) in [5.74, 6) is 0. The number of aromatic nitrogens is 3. The van der Waals surface area contributed by atoms with Crippen molar-refractivity contribution in [1.29, 1.82) is 0 Å². The average molecular weight is 387 g/mol. The van der Waals surface area contributed by atoms with E-state index in [0.29, 0.717) is 0 Å². The Morgan fingerprint density at radius 1 is 0.500 bits per heavy atom. The number of benzene rings is 3. The van der Waals surface area contributed by atoms with Crippen molar-refractivity contribution in [3.8, 4) is 11.4 Å². The highest BCUT2D eigenvalue weighted by atomic mass is 15.1. The molecule has 5 aromatic rings. The number of pyridine rings is 1. The summed E-state index contributed by atoms with van der Waals surface area (Å²) in [7, 11) is 0. The summed E-state index contributed by atoms with van der Waals surface area (Å²) in [5.41, 5.74) is 4.68. The number of rotatable bonds is 5. The Hall–Kier alpha value is -3.98. The molecule has 0 unspecified atom stereocenters. The molecule has 3 heteroatoms. The smallest absolute Gasteiger partial charge is 0.121 e. The molecule has 2 heterocycles. The Kier molecular flexibility index (Phi) is 4.70. The van der Waals surface area contributed by atoms with Crippen LogP contribution >= 0.6 is 0 Å². The van der Waals surface area contributed by atoms with Crippen LogP contribution in [0, 0.1) is 0 Å². The van der Waals surface area contributed by atoms with E-state index in [9.17, 15) is 0 Å². The fourth-order valence-electron chi connectivity index (χ4n) is 4.14. The summed E-state index contributed by atoms with van der Waals surface area (Å²) in [4.78, 5) is 9.22. The van der Waals surface area contributed by atoms with E-state index in [1.165, 1.54) is 16.7 Å². The lowest BCUT2D eigenvalue weighted by Crippen LogP contribution is -2.36. The highest BCUT2D eigenvalue weighted by Crippen LogP contribution is 2.41. The van der Waals surface area contributed by atoms with Gasteiger partial charge in [-0.1, -0.05) is 97.1 Å². The number of hydrogen-bond donors (Lipinski definition) is 0. The van der Waals surface area contributed by atoms with Crippen molar-refractivity contribution in [2.45, 2.75) is 5.54 Å². The second-order valence-corrected chi connectivity index (χ2v) is 7.19. The maximum Gasteiger partial charge on any atom is 0.121 e. The maximum absolute atomic E-state index is 4.73. The zero-order chi connectivity index (χ0) is 20.2. The van der Waals surface area contributed by atoms with Crippen molar-refractivity contribution in [3.05, 3.63) is 145 Å². The first-order valence-electron chi connectivity index (χ1n) is 10.0. The van der Waals surface area contributed by atoms with E-state index >= 15 is 0 Å². The van der Waals surface area contributed by atoms with Crippen molar-refractivity contribution >= 4 is 0 Å². The molecule has 0 fully saturated rings. The van der Waals surface area contributed by atoms with Crippen LogP contribution in [-0.2, 0) is 5.54 Å². The molecule has 3 aromatic carbocycles. The van der Waals surface area contributed by atoms with Crippen LogP contribution in [0.3, 0.4) is 0 Å². The molecule has 30 heavy (non-hydrogen) atoms. The van der Waals surface area contributed by atoms with Crippen molar-refractivity contribution in [2.24, 2.45) is 0 Å². The molecule has 0 saturated carbocycles. The highest BCUT2D eigenvalue weighted by molar-refractivity contribution is 5.55. The van der Waals surface area contributed by atoms with Gasteiger partial charge in [-0.3, -0.25) is 4.98 Å². The van der Waals surface area contributed by atoms with Gasteiger partial charge in [0.1, 0.15) is 11.2 Å². The Balaban J connectivity index is 1.82. The second kappa shape index (κ2) is 7.80. The van der Waals surface area contributed by atoms with E-state index in [1.807, 2.05) is 24.5 Å². The van der Waals surface area contributed by atoms with E-state index in [2.05, 4.69) is 107 Å². The summed E-state index contributed by atoms with van der Waals surface area (Å²) < 4.78 is 2.21. The Bertz CT molecular complexity index is 1120. The van der Waals surface area contributed by atoms with Crippen LogP contribution in [0.4, 0.5) is 0 Å². The molecule has 0 saturated heterocycles. The lowest BCUT2D eigenvalue weighted by atomic mass is 9.77. The number of nitrogens with zero attached hydrogens (tertiary/aromatic N) is 3. The first kappa shape index (κ1) is 18.1. The normalized spacial score (nSPS) is 11.3. The number of imidazole rings is 1. The Labute approximate surface area is 176 Å². The summed E-state index contributed by atoms with van der Waals surface area (Å²) >= 11 is 0. The van der Waals surface area contributed by atoms with Crippen molar-refractivity contribution in [3.63, 3.8) is 0 Å². The van der Waals surface area contributed by atoms with Crippen LogP contribution in [0.5, 0.6) is 0 Å².